The second-order valence-corrected chi connectivity index (χ2v) is 5.29. The molecule has 1 aromatic heterocycles. The van der Waals surface area contributed by atoms with Crippen molar-refractivity contribution in [2.24, 2.45) is 5.92 Å². The largest absolute Gasteiger partial charge is 0.312 e. The SMILES string of the molecule is CCC(C)CNCc1cc(Br)cs1. The van der Waals surface area contributed by atoms with Crippen molar-refractivity contribution in [3.05, 3.63) is 20.8 Å². The van der Waals surface area contributed by atoms with Crippen LogP contribution in [0.5, 0.6) is 0 Å². The van der Waals surface area contributed by atoms with Gasteiger partial charge < -0.3 is 5.32 Å². The molecule has 0 fully saturated rings. The highest BCUT2D eigenvalue weighted by atomic mass is 79.9. The highest BCUT2D eigenvalue weighted by Gasteiger charge is 1.99. The Kier molecular flexibility index (Phi) is 4.99. The summed E-state index contributed by atoms with van der Waals surface area (Å²) in [5.74, 6) is 0.781. The number of nitrogens with one attached hydrogen (secondary N) is 1. The second kappa shape index (κ2) is 5.78. The Morgan fingerprint density at radius 3 is 2.92 bits per heavy atom. The zero-order valence-corrected chi connectivity index (χ0v) is 10.5. The molecular formula is C10H16BrNS. The van der Waals surface area contributed by atoms with E-state index >= 15 is 0 Å². The van der Waals surface area contributed by atoms with E-state index in [-0.39, 0.29) is 0 Å². The van der Waals surface area contributed by atoms with Crippen LogP contribution >= 0.6 is 27.3 Å². The molecular weight excluding hydrogens is 246 g/mol. The van der Waals surface area contributed by atoms with Crippen LogP contribution in [0.4, 0.5) is 0 Å². The normalized spacial score (nSPS) is 13.2. The molecule has 0 aromatic carbocycles. The molecule has 1 rings (SSSR count). The van der Waals surface area contributed by atoms with Crippen LogP contribution in [0.25, 0.3) is 0 Å². The van der Waals surface area contributed by atoms with Crippen molar-refractivity contribution in [1.82, 2.24) is 5.32 Å². The van der Waals surface area contributed by atoms with Gasteiger partial charge in [-0.3, -0.25) is 0 Å². The Morgan fingerprint density at radius 2 is 2.38 bits per heavy atom. The standard InChI is InChI=1S/C10H16BrNS/c1-3-8(2)5-12-6-10-4-9(11)7-13-10/h4,7-8,12H,3,5-6H2,1-2H3. The average molecular weight is 262 g/mol. The lowest BCUT2D eigenvalue weighted by Gasteiger charge is -2.08. The van der Waals surface area contributed by atoms with Crippen LogP contribution in [-0.2, 0) is 6.54 Å². The van der Waals surface area contributed by atoms with E-state index in [0.29, 0.717) is 0 Å². The van der Waals surface area contributed by atoms with Gasteiger partial charge in [0.05, 0.1) is 0 Å². The molecule has 0 saturated carbocycles. The average Bonchev–Trinajstić information content (AvgIpc) is 2.51. The molecule has 0 radical (unpaired) electrons. The van der Waals surface area contributed by atoms with E-state index in [2.05, 4.69) is 46.5 Å². The summed E-state index contributed by atoms with van der Waals surface area (Å²) in [6.45, 7) is 6.62. The molecule has 0 aliphatic rings. The molecule has 1 nitrogen and oxygen atoms in total. The highest BCUT2D eigenvalue weighted by molar-refractivity contribution is 9.10. The third-order valence-corrected chi connectivity index (χ3v) is 3.81. The lowest BCUT2D eigenvalue weighted by Crippen LogP contribution is -2.19. The van der Waals surface area contributed by atoms with Crippen molar-refractivity contribution in [3.63, 3.8) is 0 Å². The Balaban J connectivity index is 2.20. The predicted octanol–water partition coefficient (Wildman–Crippen LogP) is 3.65. The molecule has 0 aliphatic carbocycles. The first-order chi connectivity index (χ1) is 6.22. The molecule has 0 saturated heterocycles. The van der Waals surface area contributed by atoms with Gasteiger partial charge in [-0.05, 0) is 34.5 Å². The summed E-state index contributed by atoms with van der Waals surface area (Å²) in [5.41, 5.74) is 0. The maximum Gasteiger partial charge on any atom is 0.0300 e. The molecule has 3 heteroatoms. The first-order valence-corrected chi connectivity index (χ1v) is 6.33. The van der Waals surface area contributed by atoms with Crippen LogP contribution in [0.15, 0.2) is 15.9 Å². The highest BCUT2D eigenvalue weighted by Crippen LogP contribution is 2.19. The van der Waals surface area contributed by atoms with Gasteiger partial charge in [0.2, 0.25) is 0 Å². The van der Waals surface area contributed by atoms with Gasteiger partial charge in [0.25, 0.3) is 0 Å². The third kappa shape index (κ3) is 4.25. The number of hydrogen-bond acceptors (Lipinski definition) is 2. The first-order valence-electron chi connectivity index (χ1n) is 4.66. The van der Waals surface area contributed by atoms with Crippen LogP contribution in [0.2, 0.25) is 0 Å². The fourth-order valence-corrected chi connectivity index (χ4v) is 2.45. The smallest absolute Gasteiger partial charge is 0.0300 e. The second-order valence-electron chi connectivity index (χ2n) is 3.38. The molecule has 0 bridgehead atoms. The molecule has 1 aromatic rings. The molecule has 74 valence electrons. The van der Waals surface area contributed by atoms with Crippen molar-refractivity contribution in [3.8, 4) is 0 Å². The van der Waals surface area contributed by atoms with E-state index in [1.165, 1.54) is 15.8 Å². The summed E-state index contributed by atoms with van der Waals surface area (Å²) in [6, 6.07) is 2.17. The summed E-state index contributed by atoms with van der Waals surface area (Å²) in [4.78, 5) is 1.40. The number of halogens is 1. The van der Waals surface area contributed by atoms with Gasteiger partial charge in [-0.2, -0.15) is 0 Å². The van der Waals surface area contributed by atoms with E-state index in [4.69, 9.17) is 0 Å². The van der Waals surface area contributed by atoms with E-state index in [1.807, 2.05) is 0 Å². The first kappa shape index (κ1) is 11.2. The van der Waals surface area contributed by atoms with Gasteiger partial charge in [-0.1, -0.05) is 20.3 Å². The summed E-state index contributed by atoms with van der Waals surface area (Å²) in [5, 5.41) is 5.58. The van der Waals surface area contributed by atoms with Gasteiger partial charge in [-0.25, -0.2) is 0 Å². The van der Waals surface area contributed by atoms with E-state index in [0.717, 1.165) is 19.0 Å². The molecule has 1 atom stereocenters. The van der Waals surface area contributed by atoms with E-state index < -0.39 is 0 Å². The number of hydrogen-bond donors (Lipinski definition) is 1. The summed E-state index contributed by atoms with van der Waals surface area (Å²) in [6.07, 6.45) is 1.25. The predicted molar refractivity (Wildman–Crippen MR) is 63.2 cm³/mol. The molecule has 0 aliphatic heterocycles. The fraction of sp³-hybridized carbons (Fsp3) is 0.600. The summed E-state index contributed by atoms with van der Waals surface area (Å²) in [7, 11) is 0. The third-order valence-electron chi connectivity index (χ3n) is 2.11. The van der Waals surface area contributed by atoms with Crippen molar-refractivity contribution in [2.75, 3.05) is 6.54 Å². The zero-order chi connectivity index (χ0) is 9.68. The van der Waals surface area contributed by atoms with Gasteiger partial charge in [-0.15, -0.1) is 11.3 Å². The lowest BCUT2D eigenvalue weighted by atomic mass is 10.1. The minimum atomic E-state index is 0.781. The van der Waals surface area contributed by atoms with Gasteiger partial charge >= 0.3 is 0 Å². The number of rotatable bonds is 5. The Labute approximate surface area is 92.7 Å². The Morgan fingerprint density at radius 1 is 1.62 bits per heavy atom. The van der Waals surface area contributed by atoms with Crippen molar-refractivity contribution >= 4 is 27.3 Å². The minimum absolute atomic E-state index is 0.781. The Hall–Kier alpha value is 0.140. The van der Waals surface area contributed by atoms with Crippen molar-refractivity contribution in [1.29, 1.82) is 0 Å². The van der Waals surface area contributed by atoms with E-state index in [1.54, 1.807) is 11.3 Å². The minimum Gasteiger partial charge on any atom is -0.312 e. The van der Waals surface area contributed by atoms with Crippen LogP contribution < -0.4 is 5.32 Å². The molecule has 0 spiro atoms. The van der Waals surface area contributed by atoms with Crippen LogP contribution in [0.3, 0.4) is 0 Å². The van der Waals surface area contributed by atoms with Crippen molar-refractivity contribution < 1.29 is 0 Å². The summed E-state index contributed by atoms with van der Waals surface area (Å²) >= 11 is 5.25. The van der Waals surface area contributed by atoms with Crippen molar-refractivity contribution in [2.45, 2.75) is 26.8 Å². The maximum atomic E-state index is 3.46. The molecule has 1 heterocycles. The van der Waals surface area contributed by atoms with E-state index in [9.17, 15) is 0 Å². The number of thiophene rings is 1. The quantitative estimate of drug-likeness (QED) is 0.854. The fourth-order valence-electron chi connectivity index (χ4n) is 1.03. The molecule has 1 N–H and O–H groups in total. The molecule has 1 unspecified atom stereocenters. The topological polar surface area (TPSA) is 12.0 Å². The van der Waals surface area contributed by atoms with Gasteiger partial charge in [0.15, 0.2) is 0 Å². The van der Waals surface area contributed by atoms with Crippen LogP contribution in [-0.4, -0.2) is 6.54 Å². The molecule has 0 amide bonds. The van der Waals surface area contributed by atoms with Gasteiger partial charge in [0.1, 0.15) is 0 Å². The maximum absolute atomic E-state index is 3.46. The monoisotopic (exact) mass is 261 g/mol. The Bertz CT molecular complexity index is 247. The zero-order valence-electron chi connectivity index (χ0n) is 8.14. The van der Waals surface area contributed by atoms with Crippen LogP contribution in [0.1, 0.15) is 25.1 Å². The van der Waals surface area contributed by atoms with Crippen LogP contribution in [0, 0.1) is 5.92 Å². The lowest BCUT2D eigenvalue weighted by molar-refractivity contribution is 0.501. The van der Waals surface area contributed by atoms with Gasteiger partial charge in [0, 0.05) is 21.3 Å². The summed E-state index contributed by atoms with van der Waals surface area (Å²) < 4.78 is 1.19. The molecule has 13 heavy (non-hydrogen) atoms.